The highest BCUT2D eigenvalue weighted by atomic mass is 16.5. The number of nitrogens with one attached hydrogen (secondary N) is 1. The van der Waals surface area contributed by atoms with E-state index in [-0.39, 0.29) is 36.7 Å². The minimum absolute atomic E-state index is 0.0433. The summed E-state index contributed by atoms with van der Waals surface area (Å²) >= 11 is 0. The smallest absolute Gasteiger partial charge is 0.226 e. The van der Waals surface area contributed by atoms with Gasteiger partial charge in [0.05, 0.1) is 23.9 Å². The molecule has 1 aliphatic heterocycles. The predicted molar refractivity (Wildman–Crippen MR) is 204 cm³/mol. The van der Waals surface area contributed by atoms with E-state index in [9.17, 15) is 19.8 Å². The number of hydrogen-bond donors (Lipinski definition) is 3. The fraction of sp³-hybridized carbons (Fsp3) is 0.311. The Hall–Kier alpha value is -5.31. The molecule has 2 amide bonds. The Kier molecular flexibility index (Phi) is 11.6. The molecule has 1 saturated heterocycles. The third-order valence-electron chi connectivity index (χ3n) is 10.6. The Morgan fingerprint density at radius 3 is 2.23 bits per heavy atom. The first-order chi connectivity index (χ1) is 25.9. The Balaban J connectivity index is 1.07. The fourth-order valence-electron chi connectivity index (χ4n) is 7.94. The number of hydrogen-bond acceptors (Lipinski definition) is 6. The number of nitrogens with zero attached hydrogens (tertiary/aromatic N) is 2. The number of benzene rings is 4. The number of carbonyl (C=O) groups is 2. The first kappa shape index (κ1) is 36.1. The van der Waals surface area contributed by atoms with E-state index in [2.05, 4.69) is 34.6 Å². The standard InChI is InChI=1S/C45H47N3O5/c49-39(29-48-38(25-32-13-5-2-6-14-32)26-36(45(48)52)24-31-11-3-1-4-12-31)27-35(44(51)47-43-41-17-8-7-15-34(41)28-42(43)50)23-33-18-20-40(21-19-33)53-30-37-16-9-10-22-46-37/h1-22,35-36,38-39,42-43,49-50H,23-30H2,(H,47,51)/t35-,36-,38-,39-,42+,43-/m0/s1. The van der Waals surface area contributed by atoms with E-state index in [1.54, 1.807) is 6.20 Å². The summed E-state index contributed by atoms with van der Waals surface area (Å²) in [4.78, 5) is 34.3. The number of carbonyl (C=O) groups excluding carboxylic acids is 2. The minimum atomic E-state index is -0.940. The molecule has 1 aromatic heterocycles. The summed E-state index contributed by atoms with van der Waals surface area (Å²) in [5, 5.41) is 25.8. The van der Waals surface area contributed by atoms with Crippen molar-refractivity contribution in [3.8, 4) is 5.75 Å². The third kappa shape index (κ3) is 9.20. The largest absolute Gasteiger partial charge is 0.487 e. The van der Waals surface area contributed by atoms with Gasteiger partial charge in [0.15, 0.2) is 0 Å². The van der Waals surface area contributed by atoms with Crippen molar-refractivity contribution in [1.82, 2.24) is 15.2 Å². The van der Waals surface area contributed by atoms with Gasteiger partial charge in [-0.1, -0.05) is 103 Å². The number of aliphatic hydroxyl groups is 2. The van der Waals surface area contributed by atoms with Crippen LogP contribution in [0, 0.1) is 11.8 Å². The average Bonchev–Trinajstić information content (AvgIpc) is 3.65. The van der Waals surface area contributed by atoms with E-state index in [1.165, 1.54) is 0 Å². The molecule has 3 N–H and O–H groups in total. The van der Waals surface area contributed by atoms with Gasteiger partial charge >= 0.3 is 0 Å². The van der Waals surface area contributed by atoms with Gasteiger partial charge in [-0.3, -0.25) is 14.6 Å². The van der Waals surface area contributed by atoms with E-state index in [4.69, 9.17) is 4.74 Å². The van der Waals surface area contributed by atoms with Crippen LogP contribution in [0.1, 0.15) is 52.4 Å². The van der Waals surface area contributed by atoms with Crippen molar-refractivity contribution >= 4 is 11.8 Å². The van der Waals surface area contributed by atoms with Crippen LogP contribution in [-0.2, 0) is 41.9 Å². The molecule has 0 saturated carbocycles. The van der Waals surface area contributed by atoms with E-state index in [1.807, 2.05) is 108 Å². The molecule has 8 heteroatoms. The lowest BCUT2D eigenvalue weighted by Gasteiger charge is -2.29. The van der Waals surface area contributed by atoms with Crippen molar-refractivity contribution in [2.24, 2.45) is 11.8 Å². The number of β-amino-alcohol motifs (C(OH)–C–C–N with tert-alkyl or cyclic N) is 1. The second-order valence-corrected chi connectivity index (χ2v) is 14.5. The van der Waals surface area contributed by atoms with Gasteiger partial charge in [0, 0.05) is 37.0 Å². The highest BCUT2D eigenvalue weighted by Crippen LogP contribution is 2.33. The summed E-state index contributed by atoms with van der Waals surface area (Å²) in [7, 11) is 0. The first-order valence-electron chi connectivity index (χ1n) is 18.6. The minimum Gasteiger partial charge on any atom is -0.487 e. The molecule has 1 aliphatic carbocycles. The first-order valence-corrected chi connectivity index (χ1v) is 18.6. The highest BCUT2D eigenvalue weighted by Gasteiger charge is 2.41. The van der Waals surface area contributed by atoms with E-state index >= 15 is 0 Å². The third-order valence-corrected chi connectivity index (χ3v) is 10.6. The number of likely N-dealkylation sites (tertiary alicyclic amines) is 1. The number of aromatic nitrogens is 1. The van der Waals surface area contributed by atoms with Gasteiger partial charge in [-0.15, -0.1) is 0 Å². The maximum Gasteiger partial charge on any atom is 0.226 e. The summed E-state index contributed by atoms with van der Waals surface area (Å²) in [6.07, 6.45) is 3.09. The summed E-state index contributed by atoms with van der Waals surface area (Å²) < 4.78 is 5.93. The van der Waals surface area contributed by atoms with Crippen LogP contribution in [0.2, 0.25) is 0 Å². The summed E-state index contributed by atoms with van der Waals surface area (Å²) in [6, 6.07) is 40.7. The van der Waals surface area contributed by atoms with Gasteiger partial charge in [-0.05, 0) is 84.2 Å². The number of rotatable bonds is 15. The molecule has 1 fully saturated rings. The van der Waals surface area contributed by atoms with Crippen molar-refractivity contribution in [3.63, 3.8) is 0 Å². The number of pyridine rings is 1. The molecule has 8 nitrogen and oxygen atoms in total. The Morgan fingerprint density at radius 1 is 0.830 bits per heavy atom. The second kappa shape index (κ2) is 17.0. The molecule has 272 valence electrons. The SMILES string of the molecule is O=C(N[C@H]1c2ccccc2C[C@H]1O)[C@@H](Cc1ccc(OCc2ccccn2)cc1)C[C@H](O)CN1C(=O)[C@@H](Cc2ccccc2)C[C@@H]1Cc1ccccc1. The fourth-order valence-corrected chi connectivity index (χ4v) is 7.94. The number of amides is 2. The molecule has 53 heavy (non-hydrogen) atoms. The molecular weight excluding hydrogens is 663 g/mol. The maximum atomic E-state index is 14.1. The van der Waals surface area contributed by atoms with Gasteiger partial charge in [0.2, 0.25) is 11.8 Å². The molecule has 6 atom stereocenters. The quantitative estimate of drug-likeness (QED) is 0.122. The van der Waals surface area contributed by atoms with Crippen LogP contribution < -0.4 is 10.1 Å². The van der Waals surface area contributed by atoms with Crippen molar-refractivity contribution in [2.45, 2.75) is 69.4 Å². The highest BCUT2D eigenvalue weighted by molar-refractivity contribution is 5.82. The molecule has 5 aromatic rings. The molecule has 2 heterocycles. The molecule has 4 aromatic carbocycles. The van der Waals surface area contributed by atoms with Crippen molar-refractivity contribution in [3.05, 3.63) is 167 Å². The molecule has 2 aliphatic rings. The van der Waals surface area contributed by atoms with E-state index in [0.717, 1.165) is 33.5 Å². The van der Waals surface area contributed by atoms with Gasteiger partial charge in [-0.25, -0.2) is 0 Å². The summed E-state index contributed by atoms with van der Waals surface area (Å²) in [6.45, 7) is 0.482. The normalized spacial score (nSPS) is 20.5. The van der Waals surface area contributed by atoms with Gasteiger partial charge in [0.25, 0.3) is 0 Å². The van der Waals surface area contributed by atoms with Crippen molar-refractivity contribution in [1.29, 1.82) is 0 Å². The van der Waals surface area contributed by atoms with Crippen LogP contribution in [0.15, 0.2) is 134 Å². The number of fused-ring (bicyclic) bond motifs is 1. The average molecular weight is 710 g/mol. The lowest BCUT2D eigenvalue weighted by atomic mass is 9.91. The zero-order valence-electron chi connectivity index (χ0n) is 29.8. The Morgan fingerprint density at radius 2 is 1.51 bits per heavy atom. The molecule has 0 unspecified atom stereocenters. The van der Waals surface area contributed by atoms with Gasteiger partial charge in [-0.2, -0.15) is 0 Å². The maximum absolute atomic E-state index is 14.1. The summed E-state index contributed by atoms with van der Waals surface area (Å²) in [5.41, 5.74) is 5.93. The van der Waals surface area contributed by atoms with Crippen LogP contribution >= 0.6 is 0 Å². The number of ether oxygens (including phenoxy) is 1. The van der Waals surface area contributed by atoms with Gasteiger partial charge in [0.1, 0.15) is 12.4 Å². The van der Waals surface area contributed by atoms with Crippen LogP contribution in [0.25, 0.3) is 0 Å². The molecular formula is C45H47N3O5. The topological polar surface area (TPSA) is 112 Å². The van der Waals surface area contributed by atoms with E-state index < -0.39 is 24.2 Å². The molecule has 0 spiro atoms. The number of aliphatic hydroxyl groups excluding tert-OH is 2. The lowest BCUT2D eigenvalue weighted by Crippen LogP contribution is -2.43. The zero-order valence-corrected chi connectivity index (χ0v) is 29.8. The molecule has 0 radical (unpaired) electrons. The van der Waals surface area contributed by atoms with Crippen LogP contribution in [0.5, 0.6) is 5.75 Å². The zero-order chi connectivity index (χ0) is 36.6. The van der Waals surface area contributed by atoms with Crippen LogP contribution in [-0.4, -0.2) is 56.7 Å². The van der Waals surface area contributed by atoms with Gasteiger partial charge < -0.3 is 25.2 Å². The van der Waals surface area contributed by atoms with Crippen LogP contribution in [0.4, 0.5) is 0 Å². The molecule has 0 bridgehead atoms. The predicted octanol–water partition coefficient (Wildman–Crippen LogP) is 6.05. The Labute approximate surface area is 311 Å². The lowest BCUT2D eigenvalue weighted by molar-refractivity contribution is -0.133. The van der Waals surface area contributed by atoms with Crippen molar-refractivity contribution in [2.75, 3.05) is 6.54 Å². The second-order valence-electron chi connectivity index (χ2n) is 14.5. The summed E-state index contributed by atoms with van der Waals surface area (Å²) in [5.74, 6) is -0.304. The monoisotopic (exact) mass is 709 g/mol. The Bertz CT molecular complexity index is 1940. The van der Waals surface area contributed by atoms with Crippen molar-refractivity contribution < 1.29 is 24.5 Å². The van der Waals surface area contributed by atoms with E-state index in [0.29, 0.717) is 44.5 Å². The van der Waals surface area contributed by atoms with Crippen LogP contribution in [0.3, 0.4) is 0 Å². The molecule has 7 rings (SSSR count).